The maximum atomic E-state index is 12.6. The molecule has 20 heavy (non-hydrogen) atoms. The van der Waals surface area contributed by atoms with E-state index in [0.717, 1.165) is 0 Å². The first-order valence-corrected chi connectivity index (χ1v) is 8.22. The molecule has 0 amide bonds. The van der Waals surface area contributed by atoms with Crippen LogP contribution in [0.3, 0.4) is 0 Å². The molecule has 1 aromatic heterocycles. The second-order valence-corrected chi connectivity index (χ2v) is 7.28. The van der Waals surface area contributed by atoms with Gasteiger partial charge in [0.2, 0.25) is 10.0 Å². The Balaban J connectivity index is 2.28. The number of rotatable bonds is 4. The van der Waals surface area contributed by atoms with Crippen molar-refractivity contribution in [3.8, 4) is 0 Å². The van der Waals surface area contributed by atoms with Crippen LogP contribution in [0, 0.1) is 0 Å². The van der Waals surface area contributed by atoms with Crippen molar-refractivity contribution in [2.75, 3.05) is 25.0 Å². The Bertz CT molecular complexity index is 572. The molecule has 2 heterocycles. The van der Waals surface area contributed by atoms with E-state index in [4.69, 9.17) is 0 Å². The van der Waals surface area contributed by atoms with Crippen LogP contribution in [0.25, 0.3) is 0 Å². The van der Waals surface area contributed by atoms with Gasteiger partial charge in [-0.15, -0.1) is 0 Å². The minimum absolute atomic E-state index is 0.133. The number of pyridine rings is 1. The lowest BCUT2D eigenvalue weighted by atomic mass is 9.97. The third kappa shape index (κ3) is 3.28. The molecular weight excluding hydrogens is 278 g/mol. The van der Waals surface area contributed by atoms with Crippen molar-refractivity contribution in [2.45, 2.75) is 37.2 Å². The van der Waals surface area contributed by atoms with Crippen LogP contribution in [0.2, 0.25) is 0 Å². The highest BCUT2D eigenvalue weighted by Gasteiger charge is 2.35. The van der Waals surface area contributed by atoms with E-state index in [1.807, 2.05) is 6.92 Å². The molecule has 1 aliphatic heterocycles. The van der Waals surface area contributed by atoms with Crippen molar-refractivity contribution in [1.29, 1.82) is 0 Å². The molecule has 0 aliphatic carbocycles. The molecule has 1 unspecified atom stereocenters. The molecule has 0 radical (unpaired) electrons. The third-order valence-electron chi connectivity index (χ3n) is 3.37. The van der Waals surface area contributed by atoms with Crippen molar-refractivity contribution in [2.24, 2.45) is 0 Å². The molecular formula is C13H21N3O3S. The smallest absolute Gasteiger partial charge is 0.243 e. The van der Waals surface area contributed by atoms with Crippen LogP contribution < -0.4 is 5.32 Å². The number of aromatic nitrogens is 1. The van der Waals surface area contributed by atoms with Gasteiger partial charge in [-0.3, -0.25) is 0 Å². The molecule has 1 aliphatic rings. The summed E-state index contributed by atoms with van der Waals surface area (Å²) in [4.78, 5) is 4.28. The topological polar surface area (TPSA) is 82.5 Å². The molecule has 7 heteroatoms. The predicted octanol–water partition coefficient (Wildman–Crippen LogP) is 1.05. The van der Waals surface area contributed by atoms with E-state index in [-0.39, 0.29) is 11.4 Å². The minimum Gasteiger partial charge on any atom is -0.389 e. The largest absolute Gasteiger partial charge is 0.389 e. The standard InChI is InChI=1S/C13H21N3O3S/c1-3-14-12-9-11(5-7-15-12)20(18,19)16-8-4-6-13(2,17)10-16/h5,7,9,17H,3-4,6,8,10H2,1-2H3,(H,14,15). The summed E-state index contributed by atoms with van der Waals surface area (Å²) in [5, 5.41) is 13.1. The van der Waals surface area contributed by atoms with Crippen molar-refractivity contribution < 1.29 is 13.5 Å². The number of aliphatic hydroxyl groups is 1. The van der Waals surface area contributed by atoms with E-state index in [1.165, 1.54) is 22.6 Å². The van der Waals surface area contributed by atoms with Gasteiger partial charge in [0.15, 0.2) is 0 Å². The van der Waals surface area contributed by atoms with E-state index in [0.29, 0.717) is 31.7 Å². The van der Waals surface area contributed by atoms with Crippen LogP contribution in [0.4, 0.5) is 5.82 Å². The van der Waals surface area contributed by atoms with Crippen molar-refractivity contribution in [1.82, 2.24) is 9.29 Å². The molecule has 1 fully saturated rings. The molecule has 1 saturated heterocycles. The van der Waals surface area contributed by atoms with Gasteiger partial charge in [0, 0.05) is 31.9 Å². The minimum atomic E-state index is -3.58. The average Bonchev–Trinajstić information content (AvgIpc) is 2.38. The quantitative estimate of drug-likeness (QED) is 0.868. The second kappa shape index (κ2) is 5.67. The fourth-order valence-electron chi connectivity index (χ4n) is 2.38. The molecule has 1 aromatic rings. The molecule has 0 saturated carbocycles. The van der Waals surface area contributed by atoms with E-state index in [1.54, 1.807) is 6.92 Å². The van der Waals surface area contributed by atoms with Gasteiger partial charge in [-0.05, 0) is 32.8 Å². The summed E-state index contributed by atoms with van der Waals surface area (Å²) in [5.74, 6) is 0.539. The molecule has 6 nitrogen and oxygen atoms in total. The van der Waals surface area contributed by atoms with Crippen LogP contribution in [0.5, 0.6) is 0 Å². The number of piperidine rings is 1. The highest BCUT2D eigenvalue weighted by Crippen LogP contribution is 2.26. The Morgan fingerprint density at radius 1 is 1.55 bits per heavy atom. The fourth-order valence-corrected chi connectivity index (χ4v) is 3.99. The molecule has 2 N–H and O–H groups in total. The first-order valence-electron chi connectivity index (χ1n) is 6.78. The zero-order valence-corrected chi connectivity index (χ0v) is 12.7. The first-order chi connectivity index (χ1) is 9.35. The summed E-state index contributed by atoms with van der Waals surface area (Å²) in [7, 11) is -3.58. The Hall–Kier alpha value is -1.18. The fraction of sp³-hybridized carbons (Fsp3) is 0.615. The van der Waals surface area contributed by atoms with Crippen molar-refractivity contribution in [3.05, 3.63) is 18.3 Å². The molecule has 0 spiro atoms. The number of sulfonamides is 1. The van der Waals surface area contributed by atoms with Crippen LogP contribution in [0.15, 0.2) is 23.2 Å². The summed E-state index contributed by atoms with van der Waals surface area (Å²) in [5.41, 5.74) is -0.956. The SMILES string of the molecule is CCNc1cc(S(=O)(=O)N2CCCC(C)(O)C2)ccn1. The first kappa shape index (κ1) is 15.2. The molecule has 0 bridgehead atoms. The van der Waals surface area contributed by atoms with E-state index >= 15 is 0 Å². The number of β-amino-alcohol motifs (C(OH)–C–C–N with tert-alkyl or cyclic N) is 1. The summed E-state index contributed by atoms with van der Waals surface area (Å²) < 4.78 is 26.5. The van der Waals surface area contributed by atoms with Crippen LogP contribution in [0.1, 0.15) is 26.7 Å². The van der Waals surface area contributed by atoms with Crippen molar-refractivity contribution >= 4 is 15.8 Å². The summed E-state index contributed by atoms with van der Waals surface area (Å²) in [6, 6.07) is 3.02. The molecule has 1 atom stereocenters. The Morgan fingerprint density at radius 2 is 2.30 bits per heavy atom. The number of anilines is 1. The lowest BCUT2D eigenvalue weighted by Crippen LogP contribution is -2.48. The van der Waals surface area contributed by atoms with Gasteiger partial charge in [0.25, 0.3) is 0 Å². The van der Waals surface area contributed by atoms with Gasteiger partial charge in [0.1, 0.15) is 5.82 Å². The Labute approximate surface area is 119 Å². The number of hydrogen-bond acceptors (Lipinski definition) is 5. The molecule has 112 valence electrons. The monoisotopic (exact) mass is 299 g/mol. The second-order valence-electron chi connectivity index (χ2n) is 5.35. The van der Waals surface area contributed by atoms with E-state index in [9.17, 15) is 13.5 Å². The van der Waals surface area contributed by atoms with Gasteiger partial charge in [-0.25, -0.2) is 13.4 Å². The number of nitrogens with zero attached hydrogens (tertiary/aromatic N) is 2. The normalized spacial score (nSPS) is 24.6. The number of hydrogen-bond donors (Lipinski definition) is 2. The lowest BCUT2D eigenvalue weighted by molar-refractivity contribution is 0.00940. The van der Waals surface area contributed by atoms with Gasteiger partial charge in [-0.1, -0.05) is 0 Å². The Morgan fingerprint density at radius 3 is 2.95 bits per heavy atom. The zero-order valence-electron chi connectivity index (χ0n) is 11.8. The maximum Gasteiger partial charge on any atom is 0.243 e. The van der Waals surface area contributed by atoms with E-state index < -0.39 is 15.6 Å². The maximum absolute atomic E-state index is 12.6. The molecule has 2 rings (SSSR count). The van der Waals surface area contributed by atoms with Crippen LogP contribution in [-0.4, -0.2) is 48.0 Å². The summed E-state index contributed by atoms with van der Waals surface area (Å²) >= 11 is 0. The average molecular weight is 299 g/mol. The highest BCUT2D eigenvalue weighted by molar-refractivity contribution is 7.89. The van der Waals surface area contributed by atoms with Crippen molar-refractivity contribution in [3.63, 3.8) is 0 Å². The predicted molar refractivity (Wildman–Crippen MR) is 77.0 cm³/mol. The Kier molecular flexibility index (Phi) is 4.31. The summed E-state index contributed by atoms with van der Waals surface area (Å²) in [6.07, 6.45) is 2.77. The molecule has 0 aromatic carbocycles. The highest BCUT2D eigenvalue weighted by atomic mass is 32.2. The van der Waals surface area contributed by atoms with Gasteiger partial charge < -0.3 is 10.4 Å². The van der Waals surface area contributed by atoms with Crippen LogP contribution in [-0.2, 0) is 10.0 Å². The number of nitrogens with one attached hydrogen (secondary N) is 1. The summed E-state index contributed by atoms with van der Waals surface area (Å²) in [6.45, 7) is 4.84. The van der Waals surface area contributed by atoms with Gasteiger partial charge >= 0.3 is 0 Å². The zero-order chi connectivity index (χ0) is 14.8. The lowest BCUT2D eigenvalue weighted by Gasteiger charge is -2.35. The van der Waals surface area contributed by atoms with Crippen LogP contribution >= 0.6 is 0 Å². The van der Waals surface area contributed by atoms with Gasteiger partial charge in [0.05, 0.1) is 10.5 Å². The van der Waals surface area contributed by atoms with Gasteiger partial charge in [-0.2, -0.15) is 4.31 Å². The third-order valence-corrected chi connectivity index (χ3v) is 5.21. The van der Waals surface area contributed by atoms with E-state index in [2.05, 4.69) is 10.3 Å².